The molecule has 3 heterocycles. The number of fused-ring (bicyclic) bond motifs is 3. The zero-order chi connectivity index (χ0) is 23.3. The molecule has 1 spiro atoms. The van der Waals surface area contributed by atoms with Crippen molar-refractivity contribution in [2.75, 3.05) is 20.3 Å². The van der Waals surface area contributed by atoms with Gasteiger partial charge in [-0.25, -0.2) is 0 Å². The lowest BCUT2D eigenvalue weighted by molar-refractivity contribution is -0.147. The van der Waals surface area contributed by atoms with E-state index in [1.54, 1.807) is 13.4 Å². The number of esters is 1. The Bertz CT molecular complexity index is 1010. The molecular formula is C28H35NO5. The van der Waals surface area contributed by atoms with Gasteiger partial charge in [0.05, 0.1) is 38.0 Å². The number of methoxy groups -OCH3 is 1. The normalized spacial score (nSPS) is 36.3. The van der Waals surface area contributed by atoms with Gasteiger partial charge in [0.25, 0.3) is 0 Å². The van der Waals surface area contributed by atoms with Crippen molar-refractivity contribution in [3.05, 3.63) is 54.0 Å². The average molecular weight is 466 g/mol. The first-order valence-corrected chi connectivity index (χ1v) is 12.7. The van der Waals surface area contributed by atoms with E-state index in [9.17, 15) is 4.79 Å². The Morgan fingerprint density at radius 1 is 1.15 bits per heavy atom. The van der Waals surface area contributed by atoms with Crippen molar-refractivity contribution in [2.45, 2.75) is 63.8 Å². The summed E-state index contributed by atoms with van der Waals surface area (Å²) in [6, 6.07) is 12.1. The zero-order valence-corrected chi connectivity index (χ0v) is 20.2. The van der Waals surface area contributed by atoms with Gasteiger partial charge in [-0.05, 0) is 73.3 Å². The smallest absolute Gasteiger partial charge is 0.310 e. The van der Waals surface area contributed by atoms with Gasteiger partial charge in [-0.2, -0.15) is 0 Å². The molecule has 4 aliphatic rings. The van der Waals surface area contributed by atoms with Crippen molar-refractivity contribution in [3.8, 4) is 5.75 Å². The summed E-state index contributed by atoms with van der Waals surface area (Å²) in [4.78, 5) is 15.5. The molecule has 0 unspecified atom stereocenters. The second-order valence-corrected chi connectivity index (χ2v) is 11.2. The van der Waals surface area contributed by atoms with Crippen LogP contribution in [0.3, 0.4) is 0 Å². The number of carbonyl (C=O) groups is 1. The highest BCUT2D eigenvalue weighted by atomic mass is 16.6. The van der Waals surface area contributed by atoms with Gasteiger partial charge in [-0.1, -0.05) is 19.1 Å². The maximum Gasteiger partial charge on any atom is 0.310 e. The molecule has 34 heavy (non-hydrogen) atoms. The summed E-state index contributed by atoms with van der Waals surface area (Å²) in [5, 5.41) is 0. The predicted molar refractivity (Wildman–Crippen MR) is 126 cm³/mol. The van der Waals surface area contributed by atoms with Crippen LogP contribution in [0, 0.1) is 23.2 Å². The largest absolute Gasteiger partial charge is 0.497 e. The second-order valence-electron chi connectivity index (χ2n) is 11.2. The number of benzene rings is 1. The fraction of sp³-hybridized carbons (Fsp3) is 0.607. The number of rotatable bonds is 7. The summed E-state index contributed by atoms with van der Waals surface area (Å²) in [6.45, 7) is 5.37. The number of ether oxygens (including phenoxy) is 3. The Kier molecular flexibility index (Phi) is 5.49. The summed E-state index contributed by atoms with van der Waals surface area (Å²) in [6.07, 6.45) is 7.38. The molecule has 182 valence electrons. The number of hydrogen-bond donors (Lipinski definition) is 0. The molecule has 2 saturated heterocycles. The minimum absolute atomic E-state index is 0.0258. The first kappa shape index (κ1) is 22.2. The monoisotopic (exact) mass is 465 g/mol. The van der Waals surface area contributed by atoms with E-state index in [0.29, 0.717) is 19.0 Å². The van der Waals surface area contributed by atoms with Gasteiger partial charge in [-0.3, -0.25) is 9.69 Å². The number of carbonyl (C=O) groups excluding carboxylic acids is 1. The van der Waals surface area contributed by atoms with Crippen LogP contribution in [0.2, 0.25) is 0 Å². The van der Waals surface area contributed by atoms with Crippen molar-refractivity contribution in [1.82, 2.24) is 4.90 Å². The molecule has 0 bridgehead atoms. The molecule has 1 aromatic heterocycles. The Labute approximate surface area is 201 Å². The molecule has 6 rings (SSSR count). The minimum Gasteiger partial charge on any atom is -0.497 e. The first-order valence-electron chi connectivity index (χ1n) is 12.7. The van der Waals surface area contributed by atoms with E-state index in [1.165, 1.54) is 24.8 Å². The summed E-state index contributed by atoms with van der Waals surface area (Å²) >= 11 is 0. The molecule has 0 N–H and O–H groups in total. The van der Waals surface area contributed by atoms with Crippen molar-refractivity contribution < 1.29 is 23.4 Å². The quantitative estimate of drug-likeness (QED) is 0.432. The van der Waals surface area contributed by atoms with E-state index in [-0.39, 0.29) is 34.9 Å². The zero-order valence-electron chi connectivity index (χ0n) is 20.2. The van der Waals surface area contributed by atoms with Crippen molar-refractivity contribution >= 4 is 5.97 Å². The highest BCUT2D eigenvalue weighted by Gasteiger charge is 2.65. The van der Waals surface area contributed by atoms with Gasteiger partial charge in [0.2, 0.25) is 0 Å². The molecule has 2 aliphatic carbocycles. The molecule has 6 heteroatoms. The van der Waals surface area contributed by atoms with Gasteiger partial charge in [0.1, 0.15) is 17.6 Å². The van der Waals surface area contributed by atoms with Gasteiger partial charge in [-0.15, -0.1) is 0 Å². The molecule has 1 aromatic carbocycles. The maximum atomic E-state index is 13.2. The van der Waals surface area contributed by atoms with Gasteiger partial charge >= 0.3 is 5.97 Å². The fourth-order valence-electron chi connectivity index (χ4n) is 7.24. The third-order valence-corrected chi connectivity index (χ3v) is 9.06. The fourth-order valence-corrected chi connectivity index (χ4v) is 7.24. The number of hydrogen-bond acceptors (Lipinski definition) is 6. The lowest BCUT2D eigenvalue weighted by Gasteiger charge is -2.51. The van der Waals surface area contributed by atoms with Crippen molar-refractivity contribution in [2.24, 2.45) is 23.2 Å². The highest BCUT2D eigenvalue weighted by molar-refractivity contribution is 5.75. The molecule has 4 fully saturated rings. The molecule has 6 atom stereocenters. The highest BCUT2D eigenvalue weighted by Crippen LogP contribution is 2.62. The van der Waals surface area contributed by atoms with E-state index >= 15 is 0 Å². The maximum absolute atomic E-state index is 13.2. The standard InChI is InChI=1S/C28H35NO5/c1-27-10-4-11-28(18-33-28)25(27)13-22-23(26(30)34-24(22)14-27)17-29(16-21-5-3-12-32-21)15-19-6-8-20(31-2)9-7-19/h3,5-9,12,22-25H,4,10-11,13-18H2,1-2H3/t22-,23-,24+,25+,27+,28+/m0/s1. The molecule has 6 nitrogen and oxygen atoms in total. The summed E-state index contributed by atoms with van der Waals surface area (Å²) in [7, 11) is 1.68. The van der Waals surface area contributed by atoms with E-state index < -0.39 is 0 Å². The van der Waals surface area contributed by atoms with E-state index in [4.69, 9.17) is 18.6 Å². The molecule has 2 aromatic rings. The van der Waals surface area contributed by atoms with Crippen LogP contribution in [0.4, 0.5) is 0 Å². The van der Waals surface area contributed by atoms with Crippen LogP contribution >= 0.6 is 0 Å². The van der Waals surface area contributed by atoms with Crippen LogP contribution in [0.15, 0.2) is 47.1 Å². The van der Waals surface area contributed by atoms with Crippen LogP contribution in [0.25, 0.3) is 0 Å². The predicted octanol–water partition coefficient (Wildman–Crippen LogP) is 4.82. The second kappa shape index (κ2) is 8.42. The van der Waals surface area contributed by atoms with Crippen LogP contribution in [-0.2, 0) is 27.4 Å². The SMILES string of the molecule is COc1ccc(CN(Cc2ccco2)C[C@@H]2C(=O)O[C@@H]3C[C@@]4(C)CCC[C@@]5(CO5)[C@@H]4C[C@@H]23)cc1. The molecule has 0 radical (unpaired) electrons. The van der Waals surface area contributed by atoms with Gasteiger partial charge < -0.3 is 18.6 Å². The molecule has 2 aliphatic heterocycles. The Morgan fingerprint density at radius 3 is 2.68 bits per heavy atom. The van der Waals surface area contributed by atoms with E-state index in [1.807, 2.05) is 24.3 Å². The first-order chi connectivity index (χ1) is 16.5. The Morgan fingerprint density at radius 2 is 1.97 bits per heavy atom. The van der Waals surface area contributed by atoms with Crippen molar-refractivity contribution in [1.29, 1.82) is 0 Å². The third kappa shape index (κ3) is 3.95. The van der Waals surface area contributed by atoms with E-state index in [0.717, 1.165) is 37.5 Å². The van der Waals surface area contributed by atoms with Crippen LogP contribution in [-0.4, -0.2) is 42.8 Å². The van der Waals surface area contributed by atoms with Crippen molar-refractivity contribution in [3.63, 3.8) is 0 Å². The Balaban J connectivity index is 1.22. The number of epoxide rings is 1. The number of furan rings is 1. The van der Waals surface area contributed by atoms with E-state index in [2.05, 4.69) is 24.0 Å². The summed E-state index contributed by atoms with van der Waals surface area (Å²) < 4.78 is 23.1. The van der Waals surface area contributed by atoms with Crippen LogP contribution in [0.5, 0.6) is 5.75 Å². The lowest BCUT2D eigenvalue weighted by atomic mass is 9.53. The average Bonchev–Trinajstić information content (AvgIpc) is 3.27. The van der Waals surface area contributed by atoms with Gasteiger partial charge in [0.15, 0.2) is 0 Å². The molecular weight excluding hydrogens is 430 g/mol. The van der Waals surface area contributed by atoms with Crippen LogP contribution < -0.4 is 4.74 Å². The summed E-state index contributed by atoms with van der Waals surface area (Å²) in [5.74, 6) is 2.41. The molecule has 0 amide bonds. The minimum atomic E-state index is -0.111. The topological polar surface area (TPSA) is 64.4 Å². The van der Waals surface area contributed by atoms with Gasteiger partial charge in [0, 0.05) is 19.0 Å². The van der Waals surface area contributed by atoms with Crippen LogP contribution in [0.1, 0.15) is 50.4 Å². The lowest BCUT2D eigenvalue weighted by Crippen LogP contribution is -2.51. The summed E-state index contributed by atoms with van der Waals surface area (Å²) in [5.41, 5.74) is 1.48. The Hall–Kier alpha value is -2.31. The third-order valence-electron chi connectivity index (χ3n) is 9.06. The molecule has 2 saturated carbocycles. The number of nitrogens with zero attached hydrogens (tertiary/aromatic N) is 1.